The van der Waals surface area contributed by atoms with Gasteiger partial charge in [-0.25, -0.2) is 0 Å². The molecule has 26 heavy (non-hydrogen) atoms. The van der Waals surface area contributed by atoms with Gasteiger partial charge in [-0.15, -0.1) is 11.8 Å². The lowest BCUT2D eigenvalue weighted by Gasteiger charge is -2.19. The first-order valence-electron chi connectivity index (χ1n) is 9.46. The van der Waals surface area contributed by atoms with Crippen LogP contribution >= 0.6 is 11.8 Å². The number of nitrogens with one attached hydrogen (secondary N) is 1. The average Bonchev–Trinajstić information content (AvgIpc) is 2.75. The Labute approximate surface area is 160 Å². The summed E-state index contributed by atoms with van der Waals surface area (Å²) in [5.74, 6) is -0.0383. The molecule has 1 fully saturated rings. The average molecular weight is 376 g/mol. The smallest absolute Gasteiger partial charge is 0.256 e. The van der Waals surface area contributed by atoms with E-state index >= 15 is 0 Å². The molecule has 0 spiro atoms. The van der Waals surface area contributed by atoms with Crippen LogP contribution < -0.4 is 5.32 Å². The third kappa shape index (κ3) is 4.16. The van der Waals surface area contributed by atoms with E-state index in [0.717, 1.165) is 19.3 Å². The van der Waals surface area contributed by atoms with Crippen molar-refractivity contribution in [1.82, 2.24) is 5.32 Å². The van der Waals surface area contributed by atoms with Gasteiger partial charge in [0.15, 0.2) is 6.29 Å². The van der Waals surface area contributed by atoms with Crippen LogP contribution in [0.15, 0.2) is 34.9 Å². The van der Waals surface area contributed by atoms with Gasteiger partial charge in [0.2, 0.25) is 0 Å². The molecule has 3 rings (SSSR count). The number of fused-ring (bicyclic) bond motifs is 1. The summed E-state index contributed by atoms with van der Waals surface area (Å²) in [5.41, 5.74) is 2.41. The fourth-order valence-corrected chi connectivity index (χ4v) is 5.44. The van der Waals surface area contributed by atoms with Gasteiger partial charge in [-0.05, 0) is 41.9 Å². The van der Waals surface area contributed by atoms with Crippen LogP contribution in [0.25, 0.3) is 0 Å². The number of aliphatic hydroxyl groups excluding tert-OH is 1. The first-order valence-corrected chi connectivity index (χ1v) is 10.3. The Morgan fingerprint density at radius 2 is 1.77 bits per heavy atom. The van der Waals surface area contributed by atoms with Crippen molar-refractivity contribution < 1.29 is 15.0 Å². The number of hydrogen-bond donors (Lipinski definition) is 3. The Kier molecular flexibility index (Phi) is 5.80. The molecule has 2 atom stereocenters. The zero-order valence-corrected chi connectivity index (χ0v) is 16.6. The Bertz CT molecular complexity index is 688. The van der Waals surface area contributed by atoms with Gasteiger partial charge >= 0.3 is 0 Å². The highest BCUT2D eigenvalue weighted by atomic mass is 32.2. The molecule has 1 saturated carbocycles. The Hall–Kier alpha value is -1.30. The van der Waals surface area contributed by atoms with Crippen LogP contribution in [0.5, 0.6) is 0 Å². The molecule has 0 bridgehead atoms. The lowest BCUT2D eigenvalue weighted by Crippen LogP contribution is -2.25. The van der Waals surface area contributed by atoms with Gasteiger partial charge in [-0.1, -0.05) is 52.2 Å². The molecule has 1 aromatic carbocycles. The van der Waals surface area contributed by atoms with E-state index in [9.17, 15) is 15.0 Å². The minimum Gasteiger partial charge on any atom is -0.364 e. The van der Waals surface area contributed by atoms with Crippen molar-refractivity contribution in [2.75, 3.05) is 0 Å². The Balaban J connectivity index is 1.78. The molecule has 3 N–H and O–H groups in total. The minimum atomic E-state index is -1.51. The molecule has 2 unspecified atom stereocenters. The number of hydrogen-bond acceptors (Lipinski definition) is 4. The van der Waals surface area contributed by atoms with Crippen LogP contribution in [0.3, 0.4) is 0 Å². The van der Waals surface area contributed by atoms with E-state index in [2.05, 4.69) is 26.1 Å². The second-order valence-electron chi connectivity index (χ2n) is 8.34. The standard InChI is InChI=1S/C21H29NO3S/c1-21(2,3)14-11-9-13(10-12-14)18(23)22-19-17(20(24)25)15-7-5-4-6-8-16(15)26-19/h9-12,15-16,20,24-25H,4-8H2,1-3H3,(H,22,23). The van der Waals surface area contributed by atoms with Gasteiger partial charge in [0, 0.05) is 16.4 Å². The Morgan fingerprint density at radius 1 is 1.12 bits per heavy atom. The molecule has 4 nitrogen and oxygen atoms in total. The molecule has 1 heterocycles. The van der Waals surface area contributed by atoms with E-state index in [1.165, 1.54) is 18.4 Å². The summed E-state index contributed by atoms with van der Waals surface area (Å²) >= 11 is 1.60. The SMILES string of the molecule is CC(C)(C)c1ccc(C(=O)NC2=C(C(O)O)C3CCCCCC3S2)cc1. The highest BCUT2D eigenvalue weighted by Gasteiger charge is 2.39. The zero-order chi connectivity index (χ0) is 18.9. The fraction of sp³-hybridized carbons (Fsp3) is 0.571. The first-order chi connectivity index (χ1) is 12.3. The third-order valence-electron chi connectivity index (χ3n) is 5.40. The topological polar surface area (TPSA) is 69.6 Å². The van der Waals surface area contributed by atoms with E-state index < -0.39 is 6.29 Å². The quantitative estimate of drug-likeness (QED) is 0.700. The number of benzene rings is 1. The van der Waals surface area contributed by atoms with Crippen LogP contribution in [-0.2, 0) is 5.41 Å². The van der Waals surface area contributed by atoms with E-state index in [1.54, 1.807) is 11.8 Å². The summed E-state index contributed by atoms with van der Waals surface area (Å²) < 4.78 is 0. The van der Waals surface area contributed by atoms with Crippen molar-refractivity contribution in [2.24, 2.45) is 5.92 Å². The van der Waals surface area contributed by atoms with Crippen molar-refractivity contribution >= 4 is 17.7 Å². The van der Waals surface area contributed by atoms with Crippen LogP contribution in [0, 0.1) is 5.92 Å². The van der Waals surface area contributed by atoms with Crippen LogP contribution in [0.4, 0.5) is 0 Å². The van der Waals surface area contributed by atoms with Crippen molar-refractivity contribution in [3.63, 3.8) is 0 Å². The third-order valence-corrected chi connectivity index (χ3v) is 6.84. The second-order valence-corrected chi connectivity index (χ2v) is 9.59. The molecule has 2 aliphatic rings. The highest BCUT2D eigenvalue weighted by molar-refractivity contribution is 8.03. The van der Waals surface area contributed by atoms with E-state index in [-0.39, 0.29) is 17.2 Å². The number of carbonyl (C=O) groups is 1. The van der Waals surface area contributed by atoms with E-state index in [0.29, 0.717) is 21.4 Å². The molecular weight excluding hydrogens is 346 g/mol. The molecule has 142 valence electrons. The number of rotatable bonds is 3. The van der Waals surface area contributed by atoms with Crippen LogP contribution in [0.1, 0.15) is 68.8 Å². The predicted molar refractivity (Wildman–Crippen MR) is 106 cm³/mol. The summed E-state index contributed by atoms with van der Waals surface area (Å²) in [6, 6.07) is 7.64. The van der Waals surface area contributed by atoms with Gasteiger partial charge < -0.3 is 15.5 Å². The van der Waals surface area contributed by atoms with Gasteiger partial charge in [0.1, 0.15) is 0 Å². The lowest BCUT2D eigenvalue weighted by molar-refractivity contribution is -0.0158. The Morgan fingerprint density at radius 3 is 2.38 bits per heavy atom. The molecule has 0 saturated heterocycles. The number of thioether (sulfide) groups is 1. The molecular formula is C21H29NO3S. The van der Waals surface area contributed by atoms with Crippen LogP contribution in [-0.4, -0.2) is 27.7 Å². The van der Waals surface area contributed by atoms with Crippen LogP contribution in [0.2, 0.25) is 0 Å². The maximum Gasteiger partial charge on any atom is 0.256 e. The molecule has 1 amide bonds. The normalized spacial score (nSPS) is 23.8. The largest absolute Gasteiger partial charge is 0.364 e. The lowest BCUT2D eigenvalue weighted by atomic mass is 9.86. The van der Waals surface area contributed by atoms with Gasteiger partial charge in [0.05, 0.1) is 5.03 Å². The maximum atomic E-state index is 12.7. The molecule has 0 aromatic heterocycles. The van der Waals surface area contributed by atoms with Crippen molar-refractivity contribution in [3.8, 4) is 0 Å². The number of carbonyl (C=O) groups excluding carboxylic acids is 1. The zero-order valence-electron chi connectivity index (χ0n) is 15.8. The molecule has 5 heteroatoms. The summed E-state index contributed by atoms with van der Waals surface area (Å²) in [6.07, 6.45) is 3.99. The molecule has 0 radical (unpaired) electrons. The maximum absolute atomic E-state index is 12.7. The van der Waals surface area contributed by atoms with Crippen molar-refractivity contribution in [2.45, 2.75) is 69.8 Å². The minimum absolute atomic E-state index is 0.0429. The van der Waals surface area contributed by atoms with Gasteiger partial charge in [0.25, 0.3) is 5.91 Å². The van der Waals surface area contributed by atoms with Crippen molar-refractivity contribution in [1.29, 1.82) is 0 Å². The van der Waals surface area contributed by atoms with Crippen molar-refractivity contribution in [3.05, 3.63) is 46.0 Å². The predicted octanol–water partition coefficient (Wildman–Crippen LogP) is 3.93. The van der Waals surface area contributed by atoms with E-state index in [4.69, 9.17) is 0 Å². The van der Waals surface area contributed by atoms with E-state index in [1.807, 2.05) is 24.3 Å². The number of amides is 1. The van der Waals surface area contributed by atoms with Gasteiger partial charge in [-0.3, -0.25) is 4.79 Å². The first kappa shape index (κ1) is 19.5. The summed E-state index contributed by atoms with van der Waals surface area (Å²) in [4.78, 5) is 12.7. The summed E-state index contributed by atoms with van der Waals surface area (Å²) in [7, 11) is 0. The highest BCUT2D eigenvalue weighted by Crippen LogP contribution is 2.48. The second kappa shape index (κ2) is 7.75. The molecule has 1 aromatic rings. The monoisotopic (exact) mass is 375 g/mol. The number of aliphatic hydroxyl groups is 2. The van der Waals surface area contributed by atoms with Gasteiger partial charge in [-0.2, -0.15) is 0 Å². The molecule has 1 aliphatic carbocycles. The fourth-order valence-electron chi connectivity index (χ4n) is 3.87. The molecule has 1 aliphatic heterocycles. The summed E-state index contributed by atoms with van der Waals surface area (Å²) in [6.45, 7) is 6.42. The summed E-state index contributed by atoms with van der Waals surface area (Å²) in [5, 5.41) is 23.7.